The van der Waals surface area contributed by atoms with Crippen molar-refractivity contribution >= 4 is 17.5 Å². The topological polar surface area (TPSA) is 49.4 Å². The van der Waals surface area contributed by atoms with E-state index in [9.17, 15) is 9.59 Å². The Morgan fingerprint density at radius 1 is 1.05 bits per heavy atom. The molecule has 0 fully saturated rings. The van der Waals surface area contributed by atoms with E-state index in [0.717, 1.165) is 18.5 Å². The molecular weight excluding hydrogens is 276 g/mol. The van der Waals surface area contributed by atoms with E-state index >= 15 is 0 Å². The van der Waals surface area contributed by atoms with Gasteiger partial charge in [0.15, 0.2) is 0 Å². The number of fused-ring (bicyclic) bond motifs is 2. The Hall–Kier alpha value is -2.62. The predicted molar refractivity (Wildman–Crippen MR) is 84.0 cm³/mol. The summed E-state index contributed by atoms with van der Waals surface area (Å²) in [6.45, 7) is 0. The number of nitrogens with one attached hydrogen (secondary N) is 1. The number of benzene rings is 2. The van der Waals surface area contributed by atoms with Gasteiger partial charge >= 0.3 is 0 Å². The molecule has 0 radical (unpaired) electrons. The molecule has 22 heavy (non-hydrogen) atoms. The van der Waals surface area contributed by atoms with Gasteiger partial charge in [0.25, 0.3) is 11.8 Å². The average molecular weight is 292 g/mol. The highest BCUT2D eigenvalue weighted by Gasteiger charge is 2.33. The van der Waals surface area contributed by atoms with Crippen molar-refractivity contribution in [2.45, 2.75) is 18.9 Å². The summed E-state index contributed by atoms with van der Waals surface area (Å²) >= 11 is 0. The number of hydrogen-bond acceptors (Lipinski definition) is 3. The maximum absolute atomic E-state index is 12.1. The first-order valence-corrected chi connectivity index (χ1v) is 7.46. The van der Waals surface area contributed by atoms with E-state index in [0.29, 0.717) is 11.1 Å². The maximum Gasteiger partial charge on any atom is 0.261 e. The highest BCUT2D eigenvalue weighted by atomic mass is 16.2. The van der Waals surface area contributed by atoms with Gasteiger partial charge in [0, 0.05) is 12.7 Å². The van der Waals surface area contributed by atoms with Crippen molar-refractivity contribution in [3.05, 3.63) is 64.7 Å². The van der Waals surface area contributed by atoms with Gasteiger partial charge in [-0.3, -0.25) is 14.5 Å². The van der Waals surface area contributed by atoms with Crippen molar-refractivity contribution in [2.75, 3.05) is 12.4 Å². The molecule has 1 N–H and O–H groups in total. The number of carbonyl (C=O) groups is 2. The van der Waals surface area contributed by atoms with Crippen molar-refractivity contribution in [1.29, 1.82) is 0 Å². The van der Waals surface area contributed by atoms with Crippen molar-refractivity contribution in [3.63, 3.8) is 0 Å². The molecule has 1 heterocycles. The van der Waals surface area contributed by atoms with Gasteiger partial charge in [0.1, 0.15) is 0 Å². The molecule has 0 spiro atoms. The quantitative estimate of drug-likeness (QED) is 0.866. The van der Waals surface area contributed by atoms with Crippen LogP contribution in [-0.4, -0.2) is 23.8 Å². The molecule has 0 saturated carbocycles. The van der Waals surface area contributed by atoms with Crippen LogP contribution in [0.1, 0.15) is 44.3 Å². The lowest BCUT2D eigenvalue weighted by Gasteiger charge is -2.16. The second-order valence-corrected chi connectivity index (χ2v) is 5.86. The molecule has 0 saturated heterocycles. The third-order valence-corrected chi connectivity index (χ3v) is 4.56. The van der Waals surface area contributed by atoms with Crippen LogP contribution in [0, 0.1) is 0 Å². The van der Waals surface area contributed by atoms with Crippen LogP contribution in [-0.2, 0) is 6.42 Å². The first kappa shape index (κ1) is 13.1. The maximum atomic E-state index is 12.1. The summed E-state index contributed by atoms with van der Waals surface area (Å²) in [6.07, 6.45) is 2.11. The Labute approximate surface area is 128 Å². The zero-order chi connectivity index (χ0) is 15.3. The average Bonchev–Trinajstić information content (AvgIpc) is 3.04. The van der Waals surface area contributed by atoms with Gasteiger partial charge in [-0.2, -0.15) is 0 Å². The third-order valence-electron chi connectivity index (χ3n) is 4.56. The Morgan fingerprint density at radius 3 is 2.68 bits per heavy atom. The van der Waals surface area contributed by atoms with E-state index < -0.39 is 0 Å². The van der Waals surface area contributed by atoms with Crippen LogP contribution in [0.2, 0.25) is 0 Å². The summed E-state index contributed by atoms with van der Waals surface area (Å²) in [7, 11) is 1.52. The molecule has 4 rings (SSSR count). The molecule has 2 aromatic rings. The first-order chi connectivity index (χ1) is 10.6. The van der Waals surface area contributed by atoms with Crippen molar-refractivity contribution in [1.82, 2.24) is 4.90 Å². The van der Waals surface area contributed by atoms with E-state index in [4.69, 9.17) is 0 Å². The fourth-order valence-electron chi connectivity index (χ4n) is 3.36. The lowest BCUT2D eigenvalue weighted by molar-refractivity contribution is 0.0693. The lowest BCUT2D eigenvalue weighted by atomic mass is 10.1. The van der Waals surface area contributed by atoms with Gasteiger partial charge < -0.3 is 5.32 Å². The highest BCUT2D eigenvalue weighted by molar-refractivity contribution is 6.21. The second kappa shape index (κ2) is 4.70. The zero-order valence-electron chi connectivity index (χ0n) is 12.3. The van der Waals surface area contributed by atoms with Crippen LogP contribution in [0.3, 0.4) is 0 Å². The van der Waals surface area contributed by atoms with Crippen LogP contribution in [0.5, 0.6) is 0 Å². The minimum atomic E-state index is -0.226. The summed E-state index contributed by atoms with van der Waals surface area (Å²) in [5, 5.41) is 3.49. The zero-order valence-corrected chi connectivity index (χ0v) is 12.3. The monoisotopic (exact) mass is 292 g/mol. The summed E-state index contributed by atoms with van der Waals surface area (Å²) in [5.74, 6) is -0.451. The Morgan fingerprint density at radius 2 is 1.82 bits per heavy atom. The number of rotatable bonds is 2. The molecule has 0 aromatic heterocycles. The molecular formula is C18H16N2O2. The predicted octanol–water partition coefficient (Wildman–Crippen LogP) is 3.01. The van der Waals surface area contributed by atoms with Crippen LogP contribution in [0.4, 0.5) is 5.69 Å². The van der Waals surface area contributed by atoms with Crippen LogP contribution >= 0.6 is 0 Å². The van der Waals surface area contributed by atoms with E-state index in [-0.39, 0.29) is 17.9 Å². The second-order valence-electron chi connectivity index (χ2n) is 5.86. The molecule has 4 nitrogen and oxygen atoms in total. The van der Waals surface area contributed by atoms with Crippen molar-refractivity contribution < 1.29 is 9.59 Å². The minimum Gasteiger partial charge on any atom is -0.378 e. The number of imide groups is 1. The molecule has 1 atom stereocenters. The Balaban J connectivity index is 1.64. The molecule has 4 heteroatoms. The molecule has 2 aliphatic rings. The van der Waals surface area contributed by atoms with Crippen molar-refractivity contribution in [2.24, 2.45) is 0 Å². The number of anilines is 1. The molecule has 1 aliphatic carbocycles. The minimum absolute atomic E-state index is 0.224. The normalized spacial score (nSPS) is 19.3. The fourth-order valence-corrected chi connectivity index (χ4v) is 3.36. The van der Waals surface area contributed by atoms with Crippen LogP contribution in [0.25, 0.3) is 0 Å². The van der Waals surface area contributed by atoms with Gasteiger partial charge in [-0.05, 0) is 42.2 Å². The molecule has 1 aliphatic heterocycles. The molecule has 0 bridgehead atoms. The standard InChI is InChI=1S/C18H16N2O2/c1-20-17(21)14-8-7-12(10-15(14)18(20)22)19-16-9-6-11-4-2-3-5-13(11)16/h2-5,7-8,10,16,19H,6,9H2,1H3. The summed E-state index contributed by atoms with van der Waals surface area (Å²) in [6, 6.07) is 14.1. The molecule has 2 amide bonds. The summed E-state index contributed by atoms with van der Waals surface area (Å²) < 4.78 is 0. The number of carbonyl (C=O) groups excluding carboxylic acids is 2. The van der Waals surface area contributed by atoms with Gasteiger partial charge in [-0.1, -0.05) is 24.3 Å². The Kier molecular flexibility index (Phi) is 2.79. The summed E-state index contributed by atoms with van der Waals surface area (Å²) in [5.41, 5.74) is 4.57. The van der Waals surface area contributed by atoms with Gasteiger partial charge in [-0.15, -0.1) is 0 Å². The summed E-state index contributed by atoms with van der Waals surface area (Å²) in [4.78, 5) is 25.1. The van der Waals surface area contributed by atoms with Gasteiger partial charge in [0.05, 0.1) is 17.2 Å². The largest absolute Gasteiger partial charge is 0.378 e. The van der Waals surface area contributed by atoms with Crippen molar-refractivity contribution in [3.8, 4) is 0 Å². The lowest BCUT2D eigenvalue weighted by Crippen LogP contribution is -2.24. The number of nitrogens with zero attached hydrogens (tertiary/aromatic N) is 1. The smallest absolute Gasteiger partial charge is 0.261 e. The van der Waals surface area contributed by atoms with E-state index in [1.54, 1.807) is 12.1 Å². The molecule has 110 valence electrons. The van der Waals surface area contributed by atoms with Gasteiger partial charge in [0.2, 0.25) is 0 Å². The SMILES string of the molecule is CN1C(=O)c2ccc(NC3CCc4ccccc43)cc2C1=O. The Bertz CT molecular complexity index is 797. The third kappa shape index (κ3) is 1.84. The van der Waals surface area contributed by atoms with E-state index in [2.05, 4.69) is 29.6 Å². The number of amides is 2. The van der Waals surface area contributed by atoms with E-state index in [1.165, 1.54) is 23.1 Å². The fraction of sp³-hybridized carbons (Fsp3) is 0.222. The number of aryl methyl sites for hydroxylation is 1. The van der Waals surface area contributed by atoms with E-state index in [1.807, 2.05) is 6.07 Å². The van der Waals surface area contributed by atoms with Crippen LogP contribution in [0.15, 0.2) is 42.5 Å². The number of hydrogen-bond donors (Lipinski definition) is 1. The highest BCUT2D eigenvalue weighted by Crippen LogP contribution is 2.34. The first-order valence-electron chi connectivity index (χ1n) is 7.46. The van der Waals surface area contributed by atoms with Gasteiger partial charge in [-0.25, -0.2) is 0 Å². The molecule has 1 unspecified atom stereocenters. The molecule has 2 aromatic carbocycles. The van der Waals surface area contributed by atoms with Crippen LogP contribution < -0.4 is 5.32 Å².